The summed E-state index contributed by atoms with van der Waals surface area (Å²) < 4.78 is 96.4. The van der Waals surface area contributed by atoms with Crippen molar-refractivity contribution < 1.29 is 35.1 Å². The maximum Gasteiger partial charge on any atom is 0.407 e. The zero-order valence-corrected chi connectivity index (χ0v) is 7.55. The summed E-state index contributed by atoms with van der Waals surface area (Å²) in [5.74, 6) is -4.69. The van der Waals surface area contributed by atoms with E-state index in [1.165, 1.54) is 0 Å². The summed E-state index contributed by atoms with van der Waals surface area (Å²) in [5.41, 5.74) is 0. The summed E-state index contributed by atoms with van der Waals surface area (Å²) in [6, 6.07) is -5.03. The molecule has 0 aromatic carbocycles. The van der Waals surface area contributed by atoms with Crippen LogP contribution >= 0.6 is 0 Å². The first-order valence-electron chi connectivity index (χ1n) is 3.50. The van der Waals surface area contributed by atoms with Crippen molar-refractivity contribution in [2.45, 2.75) is 18.4 Å². The minimum atomic E-state index is -6.05. The second kappa shape index (κ2) is 3.76. The standard InChI is InChI=1S/C6H7F8N/c1-15(2)6(13,14)3(4(7,8)9)5(10,11)12/h3H,1-2H3. The molecule has 0 amide bonds. The highest BCUT2D eigenvalue weighted by Crippen LogP contribution is 2.48. The average molecular weight is 245 g/mol. The second-order valence-corrected chi connectivity index (χ2v) is 3.00. The molecular weight excluding hydrogens is 238 g/mol. The van der Waals surface area contributed by atoms with Crippen LogP contribution in [0.2, 0.25) is 0 Å². The second-order valence-electron chi connectivity index (χ2n) is 3.00. The molecule has 0 unspecified atom stereocenters. The Balaban J connectivity index is 5.33. The molecule has 0 saturated carbocycles. The molecule has 0 aliphatic rings. The van der Waals surface area contributed by atoms with Gasteiger partial charge in [0.2, 0.25) is 5.92 Å². The van der Waals surface area contributed by atoms with Crippen molar-refractivity contribution in [3.8, 4) is 0 Å². The molecule has 92 valence electrons. The van der Waals surface area contributed by atoms with Crippen molar-refractivity contribution >= 4 is 0 Å². The van der Waals surface area contributed by atoms with Crippen LogP contribution in [0.15, 0.2) is 0 Å². The maximum atomic E-state index is 12.7. The van der Waals surface area contributed by atoms with E-state index in [0.717, 1.165) is 0 Å². The third kappa shape index (κ3) is 3.18. The molecule has 0 aliphatic heterocycles. The Labute approximate surface area is 79.6 Å². The van der Waals surface area contributed by atoms with Gasteiger partial charge >= 0.3 is 18.4 Å². The monoisotopic (exact) mass is 245 g/mol. The number of hydrogen-bond acceptors (Lipinski definition) is 1. The summed E-state index contributed by atoms with van der Waals surface area (Å²) in [5, 5.41) is 0. The lowest BCUT2D eigenvalue weighted by Crippen LogP contribution is -2.55. The van der Waals surface area contributed by atoms with Crippen LogP contribution in [0.3, 0.4) is 0 Å². The van der Waals surface area contributed by atoms with E-state index in [1.807, 2.05) is 0 Å². The number of alkyl halides is 8. The molecule has 0 atom stereocenters. The van der Waals surface area contributed by atoms with Gasteiger partial charge in [0.25, 0.3) is 0 Å². The summed E-state index contributed by atoms with van der Waals surface area (Å²) >= 11 is 0. The largest absolute Gasteiger partial charge is 0.407 e. The van der Waals surface area contributed by atoms with E-state index in [9.17, 15) is 35.1 Å². The molecule has 1 nitrogen and oxygen atoms in total. The number of rotatable bonds is 2. The molecule has 15 heavy (non-hydrogen) atoms. The molecule has 0 radical (unpaired) electrons. The summed E-state index contributed by atoms with van der Waals surface area (Å²) in [6.45, 7) is 0. The van der Waals surface area contributed by atoms with Gasteiger partial charge in [-0.25, -0.2) is 4.90 Å². The van der Waals surface area contributed by atoms with Crippen molar-refractivity contribution in [2.24, 2.45) is 5.92 Å². The topological polar surface area (TPSA) is 3.24 Å². The van der Waals surface area contributed by atoms with E-state index in [4.69, 9.17) is 0 Å². The fraction of sp³-hybridized carbons (Fsp3) is 1.00. The van der Waals surface area contributed by atoms with Gasteiger partial charge in [0.1, 0.15) is 0 Å². The first-order chi connectivity index (χ1) is 6.31. The third-order valence-electron chi connectivity index (χ3n) is 1.60. The third-order valence-corrected chi connectivity index (χ3v) is 1.60. The Morgan fingerprint density at radius 1 is 0.733 bits per heavy atom. The van der Waals surface area contributed by atoms with E-state index < -0.39 is 29.2 Å². The average Bonchev–Trinajstić information content (AvgIpc) is 1.76. The summed E-state index contributed by atoms with van der Waals surface area (Å²) in [4.78, 5) is -0.418. The van der Waals surface area contributed by atoms with Gasteiger partial charge in [-0.3, -0.25) is 0 Å². The number of halogens is 8. The molecule has 0 bridgehead atoms. The first-order valence-corrected chi connectivity index (χ1v) is 3.50. The zero-order chi connectivity index (χ0) is 12.7. The molecule has 0 heterocycles. The van der Waals surface area contributed by atoms with Crippen LogP contribution in [-0.2, 0) is 0 Å². The lowest BCUT2D eigenvalue weighted by molar-refractivity contribution is -0.362. The van der Waals surface area contributed by atoms with Crippen LogP contribution in [0, 0.1) is 5.92 Å². The molecular formula is C6H7F8N. The number of hydrogen-bond donors (Lipinski definition) is 0. The van der Waals surface area contributed by atoms with Crippen LogP contribution in [0.4, 0.5) is 35.1 Å². The minimum Gasteiger partial charge on any atom is -0.250 e. The minimum absolute atomic E-state index is 0.418. The summed E-state index contributed by atoms with van der Waals surface area (Å²) in [7, 11) is 0.870. The molecule has 0 saturated heterocycles. The Kier molecular flexibility index (Phi) is 3.61. The van der Waals surface area contributed by atoms with Gasteiger partial charge in [0.05, 0.1) is 0 Å². The smallest absolute Gasteiger partial charge is 0.250 e. The van der Waals surface area contributed by atoms with Crippen LogP contribution in [-0.4, -0.2) is 37.4 Å². The zero-order valence-electron chi connectivity index (χ0n) is 7.55. The molecule has 9 heteroatoms. The van der Waals surface area contributed by atoms with Crippen molar-refractivity contribution in [2.75, 3.05) is 14.1 Å². The van der Waals surface area contributed by atoms with Crippen molar-refractivity contribution in [3.05, 3.63) is 0 Å². The van der Waals surface area contributed by atoms with Crippen molar-refractivity contribution in [1.82, 2.24) is 4.90 Å². The molecule has 0 N–H and O–H groups in total. The molecule has 0 spiro atoms. The fourth-order valence-electron chi connectivity index (χ4n) is 0.838. The Hall–Kier alpha value is -0.600. The lowest BCUT2D eigenvalue weighted by Gasteiger charge is -2.33. The van der Waals surface area contributed by atoms with Crippen LogP contribution in [0.25, 0.3) is 0 Å². The number of nitrogens with zero attached hydrogens (tertiary/aromatic N) is 1. The first kappa shape index (κ1) is 14.4. The van der Waals surface area contributed by atoms with Crippen molar-refractivity contribution in [3.63, 3.8) is 0 Å². The predicted molar refractivity (Wildman–Crippen MR) is 34.2 cm³/mol. The lowest BCUT2D eigenvalue weighted by atomic mass is 10.1. The van der Waals surface area contributed by atoms with Gasteiger partial charge in [-0.05, 0) is 14.1 Å². The summed E-state index contributed by atoms with van der Waals surface area (Å²) in [6.07, 6.45) is -12.1. The highest BCUT2D eigenvalue weighted by Gasteiger charge is 2.69. The molecule has 0 aliphatic carbocycles. The maximum absolute atomic E-state index is 12.7. The molecule has 0 fully saturated rings. The SMILES string of the molecule is CN(C)C(F)(F)C(C(F)(F)F)C(F)(F)F. The van der Waals surface area contributed by atoms with E-state index in [1.54, 1.807) is 0 Å². The van der Waals surface area contributed by atoms with Gasteiger partial charge in [-0.2, -0.15) is 35.1 Å². The Morgan fingerprint density at radius 3 is 1.07 bits per heavy atom. The van der Waals surface area contributed by atoms with Gasteiger partial charge in [0, 0.05) is 0 Å². The normalized spacial score (nSPS) is 15.2. The van der Waals surface area contributed by atoms with Gasteiger partial charge in [-0.15, -0.1) is 0 Å². The van der Waals surface area contributed by atoms with E-state index in [2.05, 4.69) is 0 Å². The highest BCUT2D eigenvalue weighted by molar-refractivity contribution is 4.86. The molecule has 0 aromatic heterocycles. The van der Waals surface area contributed by atoms with Gasteiger partial charge in [0.15, 0.2) is 0 Å². The fourth-order valence-corrected chi connectivity index (χ4v) is 0.838. The molecule has 0 rings (SSSR count). The Morgan fingerprint density at radius 2 is 1.00 bits per heavy atom. The van der Waals surface area contributed by atoms with E-state index >= 15 is 0 Å². The van der Waals surface area contributed by atoms with E-state index in [0.29, 0.717) is 14.1 Å². The predicted octanol–water partition coefficient (Wildman–Crippen LogP) is 2.88. The van der Waals surface area contributed by atoms with E-state index in [-0.39, 0.29) is 0 Å². The quantitative estimate of drug-likeness (QED) is 0.534. The molecule has 0 aromatic rings. The van der Waals surface area contributed by atoms with Crippen LogP contribution in [0.1, 0.15) is 0 Å². The highest BCUT2D eigenvalue weighted by atomic mass is 19.4. The van der Waals surface area contributed by atoms with Crippen LogP contribution in [0.5, 0.6) is 0 Å². The van der Waals surface area contributed by atoms with Gasteiger partial charge in [-0.1, -0.05) is 0 Å². The van der Waals surface area contributed by atoms with Crippen molar-refractivity contribution in [1.29, 1.82) is 0 Å². The van der Waals surface area contributed by atoms with Gasteiger partial charge < -0.3 is 0 Å². The Bertz CT molecular complexity index is 200. The van der Waals surface area contributed by atoms with Crippen LogP contribution < -0.4 is 0 Å².